The van der Waals surface area contributed by atoms with Crippen LogP contribution in [-0.2, 0) is 6.54 Å². The molecule has 5 nitrogen and oxygen atoms in total. The molecule has 1 aliphatic rings. The van der Waals surface area contributed by atoms with Gasteiger partial charge in [-0.3, -0.25) is 4.90 Å². The summed E-state index contributed by atoms with van der Waals surface area (Å²) in [6, 6.07) is 18.0. The topological polar surface area (TPSA) is 44.5 Å². The molecule has 0 atom stereocenters. The van der Waals surface area contributed by atoms with E-state index in [1.165, 1.54) is 11.3 Å². The number of piperazine rings is 1. The quantitative estimate of drug-likeness (QED) is 0.797. The molecule has 2 heterocycles. The molecular weight excluding hydrogens is 312 g/mol. The van der Waals surface area contributed by atoms with Crippen molar-refractivity contribution in [2.75, 3.05) is 31.1 Å². The summed E-state index contributed by atoms with van der Waals surface area (Å²) in [6.07, 6.45) is 3.75. The fourth-order valence-electron chi connectivity index (χ4n) is 3.26. The Labute approximate surface area is 147 Å². The summed E-state index contributed by atoms with van der Waals surface area (Å²) in [6.45, 7) is 5.08. The third kappa shape index (κ3) is 3.67. The summed E-state index contributed by atoms with van der Waals surface area (Å²) < 4.78 is 1.88. The molecular formula is C20H22N4O. The Bertz CT molecular complexity index is 789. The van der Waals surface area contributed by atoms with Gasteiger partial charge in [-0.1, -0.05) is 12.1 Å². The Hall–Kier alpha value is -2.79. The van der Waals surface area contributed by atoms with Gasteiger partial charge in [0, 0.05) is 50.8 Å². The number of aromatic hydroxyl groups is 1. The maximum atomic E-state index is 9.41. The normalized spacial score (nSPS) is 15.4. The molecule has 128 valence electrons. The van der Waals surface area contributed by atoms with Crippen LogP contribution >= 0.6 is 0 Å². The van der Waals surface area contributed by atoms with Crippen molar-refractivity contribution >= 4 is 5.69 Å². The van der Waals surface area contributed by atoms with E-state index in [1.54, 1.807) is 18.3 Å². The molecule has 0 unspecified atom stereocenters. The first-order valence-electron chi connectivity index (χ1n) is 8.63. The molecule has 1 saturated heterocycles. The van der Waals surface area contributed by atoms with Crippen LogP contribution in [0.25, 0.3) is 5.69 Å². The van der Waals surface area contributed by atoms with Crippen molar-refractivity contribution in [1.29, 1.82) is 0 Å². The second-order valence-electron chi connectivity index (χ2n) is 6.40. The van der Waals surface area contributed by atoms with Gasteiger partial charge in [-0.25, -0.2) is 4.68 Å². The van der Waals surface area contributed by atoms with Crippen LogP contribution in [0.1, 0.15) is 5.56 Å². The maximum Gasteiger partial charge on any atom is 0.115 e. The van der Waals surface area contributed by atoms with Crippen LogP contribution in [-0.4, -0.2) is 46.0 Å². The van der Waals surface area contributed by atoms with Crippen LogP contribution < -0.4 is 4.90 Å². The number of aromatic nitrogens is 2. The first kappa shape index (κ1) is 15.7. The van der Waals surface area contributed by atoms with E-state index in [4.69, 9.17) is 0 Å². The molecule has 5 heteroatoms. The van der Waals surface area contributed by atoms with E-state index < -0.39 is 0 Å². The number of hydrogen-bond acceptors (Lipinski definition) is 4. The Morgan fingerprint density at radius 2 is 1.52 bits per heavy atom. The molecule has 0 radical (unpaired) electrons. The van der Waals surface area contributed by atoms with Crippen LogP contribution in [0.4, 0.5) is 5.69 Å². The zero-order chi connectivity index (χ0) is 17.1. The van der Waals surface area contributed by atoms with Crippen LogP contribution in [0.3, 0.4) is 0 Å². The van der Waals surface area contributed by atoms with Gasteiger partial charge in [-0.15, -0.1) is 0 Å². The van der Waals surface area contributed by atoms with E-state index >= 15 is 0 Å². The third-order valence-corrected chi connectivity index (χ3v) is 4.70. The van der Waals surface area contributed by atoms with Crippen molar-refractivity contribution in [2.24, 2.45) is 0 Å². The van der Waals surface area contributed by atoms with E-state index in [1.807, 2.05) is 29.1 Å². The Morgan fingerprint density at radius 3 is 2.16 bits per heavy atom. The minimum atomic E-state index is 0.320. The summed E-state index contributed by atoms with van der Waals surface area (Å²) in [7, 11) is 0. The van der Waals surface area contributed by atoms with Gasteiger partial charge in [-0.05, 0) is 48.0 Å². The van der Waals surface area contributed by atoms with Gasteiger partial charge < -0.3 is 10.0 Å². The Morgan fingerprint density at radius 1 is 0.840 bits per heavy atom. The lowest BCUT2D eigenvalue weighted by molar-refractivity contribution is 0.250. The number of phenols is 1. The highest BCUT2D eigenvalue weighted by Gasteiger charge is 2.17. The average Bonchev–Trinajstić information content (AvgIpc) is 3.19. The van der Waals surface area contributed by atoms with Gasteiger partial charge in [0.1, 0.15) is 5.75 Å². The standard InChI is InChI=1S/C20H22N4O/c25-20-8-6-18(7-9-20)23-14-12-22(13-15-23)16-17-2-4-19(5-3-17)24-11-1-10-21-24/h1-11,25H,12-16H2. The fraction of sp³-hybridized carbons (Fsp3) is 0.250. The van der Waals surface area contributed by atoms with Gasteiger partial charge in [-0.2, -0.15) is 5.10 Å². The van der Waals surface area contributed by atoms with Crippen LogP contribution in [0.5, 0.6) is 5.75 Å². The molecule has 25 heavy (non-hydrogen) atoms. The summed E-state index contributed by atoms with van der Waals surface area (Å²) in [4.78, 5) is 4.86. The Kier molecular flexibility index (Phi) is 4.39. The van der Waals surface area contributed by atoms with Gasteiger partial charge in [0.25, 0.3) is 0 Å². The molecule has 3 aromatic rings. The number of phenolic OH excluding ortho intramolecular Hbond substituents is 1. The predicted octanol–water partition coefficient (Wildman–Crippen LogP) is 2.90. The van der Waals surface area contributed by atoms with Crippen molar-refractivity contribution in [3.05, 3.63) is 72.6 Å². The van der Waals surface area contributed by atoms with E-state index in [0.717, 1.165) is 38.4 Å². The van der Waals surface area contributed by atoms with Gasteiger partial charge in [0.05, 0.1) is 5.69 Å². The van der Waals surface area contributed by atoms with E-state index in [0.29, 0.717) is 5.75 Å². The molecule has 2 aromatic carbocycles. The molecule has 1 N–H and O–H groups in total. The molecule has 0 bridgehead atoms. The van der Waals surface area contributed by atoms with E-state index in [-0.39, 0.29) is 0 Å². The number of benzene rings is 2. The third-order valence-electron chi connectivity index (χ3n) is 4.70. The second-order valence-corrected chi connectivity index (χ2v) is 6.40. The molecule has 4 rings (SSSR count). The molecule has 0 saturated carbocycles. The summed E-state index contributed by atoms with van der Waals surface area (Å²) in [5.74, 6) is 0.320. The number of hydrogen-bond donors (Lipinski definition) is 1. The van der Waals surface area contributed by atoms with Crippen molar-refractivity contribution < 1.29 is 5.11 Å². The highest BCUT2D eigenvalue weighted by Crippen LogP contribution is 2.20. The van der Waals surface area contributed by atoms with Gasteiger partial charge in [0.2, 0.25) is 0 Å². The average molecular weight is 334 g/mol. The predicted molar refractivity (Wildman–Crippen MR) is 99.2 cm³/mol. The molecule has 1 aromatic heterocycles. The zero-order valence-corrected chi connectivity index (χ0v) is 14.1. The highest BCUT2D eigenvalue weighted by molar-refractivity contribution is 5.49. The molecule has 0 amide bonds. The molecule has 1 fully saturated rings. The van der Waals surface area contributed by atoms with Crippen LogP contribution in [0.15, 0.2) is 67.0 Å². The van der Waals surface area contributed by atoms with E-state index in [9.17, 15) is 5.11 Å². The Balaban J connectivity index is 1.33. The maximum absolute atomic E-state index is 9.41. The first-order chi connectivity index (χ1) is 12.3. The smallest absolute Gasteiger partial charge is 0.115 e. The van der Waals surface area contributed by atoms with Crippen LogP contribution in [0, 0.1) is 0 Å². The molecule has 0 spiro atoms. The number of nitrogens with zero attached hydrogens (tertiary/aromatic N) is 4. The minimum Gasteiger partial charge on any atom is -0.508 e. The van der Waals surface area contributed by atoms with Crippen molar-refractivity contribution in [1.82, 2.24) is 14.7 Å². The molecule has 0 aliphatic carbocycles. The summed E-state index contributed by atoms with van der Waals surface area (Å²) >= 11 is 0. The van der Waals surface area contributed by atoms with E-state index in [2.05, 4.69) is 39.2 Å². The van der Waals surface area contributed by atoms with Crippen molar-refractivity contribution in [3.63, 3.8) is 0 Å². The summed E-state index contributed by atoms with van der Waals surface area (Å²) in [5.41, 5.74) is 3.60. The number of rotatable bonds is 4. The summed E-state index contributed by atoms with van der Waals surface area (Å²) in [5, 5.41) is 13.7. The minimum absolute atomic E-state index is 0.320. The lowest BCUT2D eigenvalue weighted by atomic mass is 10.1. The van der Waals surface area contributed by atoms with Crippen LogP contribution in [0.2, 0.25) is 0 Å². The second kappa shape index (κ2) is 6.99. The van der Waals surface area contributed by atoms with Gasteiger partial charge >= 0.3 is 0 Å². The SMILES string of the molecule is Oc1ccc(N2CCN(Cc3ccc(-n4cccn4)cc3)CC2)cc1. The number of anilines is 1. The van der Waals surface area contributed by atoms with Crippen molar-refractivity contribution in [2.45, 2.75) is 6.54 Å². The lowest BCUT2D eigenvalue weighted by Crippen LogP contribution is -2.45. The first-order valence-corrected chi connectivity index (χ1v) is 8.63. The fourth-order valence-corrected chi connectivity index (χ4v) is 3.26. The zero-order valence-electron chi connectivity index (χ0n) is 14.1. The largest absolute Gasteiger partial charge is 0.508 e. The van der Waals surface area contributed by atoms with Crippen molar-refractivity contribution in [3.8, 4) is 11.4 Å². The highest BCUT2D eigenvalue weighted by atomic mass is 16.3. The lowest BCUT2D eigenvalue weighted by Gasteiger charge is -2.36. The monoisotopic (exact) mass is 334 g/mol. The van der Waals surface area contributed by atoms with Gasteiger partial charge in [0.15, 0.2) is 0 Å². The molecule has 1 aliphatic heterocycles.